The summed E-state index contributed by atoms with van der Waals surface area (Å²) in [5.74, 6) is 0. The highest BCUT2D eigenvalue weighted by atomic mass is 35.5. The molecule has 0 bridgehead atoms. The molecular weight excluding hydrogens is 168 g/mol. The molecule has 0 saturated heterocycles. The van der Waals surface area contributed by atoms with E-state index in [1.165, 1.54) is 0 Å². The van der Waals surface area contributed by atoms with E-state index in [1.807, 2.05) is 19.6 Å². The van der Waals surface area contributed by atoms with Gasteiger partial charge in [0.2, 0.25) is 0 Å². The van der Waals surface area contributed by atoms with E-state index in [-0.39, 0.29) is 12.4 Å². The lowest BCUT2D eigenvalue weighted by Gasteiger charge is -2.04. The van der Waals surface area contributed by atoms with Crippen LogP contribution in [0, 0.1) is 0 Å². The van der Waals surface area contributed by atoms with Crippen LogP contribution in [0.5, 0.6) is 0 Å². The maximum absolute atomic E-state index is 4.13. The first-order valence-electron chi connectivity index (χ1n) is 2.81. The average Bonchev–Trinajstić information content (AvgIpc) is 2.15. The monoisotopic (exact) mass is 178 g/mol. The zero-order chi connectivity index (χ0) is 6.69. The van der Waals surface area contributed by atoms with Gasteiger partial charge in [-0.2, -0.15) is 0 Å². The highest BCUT2D eigenvalue weighted by Crippen LogP contribution is 2.01. The van der Waals surface area contributed by atoms with Crippen molar-refractivity contribution in [3.05, 3.63) is 16.6 Å². The molecule has 0 N–H and O–H groups in total. The van der Waals surface area contributed by atoms with Gasteiger partial charge in [0.05, 0.1) is 11.2 Å². The lowest BCUT2D eigenvalue weighted by Crippen LogP contribution is -2.10. The Bertz CT molecular complexity index is 162. The molecule has 58 valence electrons. The van der Waals surface area contributed by atoms with Crippen LogP contribution in [0.4, 0.5) is 0 Å². The summed E-state index contributed by atoms with van der Waals surface area (Å²) in [4.78, 5) is 6.24. The van der Waals surface area contributed by atoms with E-state index in [9.17, 15) is 0 Å². The van der Waals surface area contributed by atoms with Gasteiger partial charge in [-0.3, -0.25) is 0 Å². The van der Waals surface area contributed by atoms with Crippen molar-refractivity contribution >= 4 is 23.7 Å². The number of hydrogen-bond acceptors (Lipinski definition) is 3. The standard InChI is InChI=1S/C6H10N2S.ClH/c1-8(2)3-6-4-9-5-7-6;/h4-5H,3H2,1-2H3;1H. The molecule has 0 atom stereocenters. The summed E-state index contributed by atoms with van der Waals surface area (Å²) in [6, 6.07) is 0. The predicted octanol–water partition coefficient (Wildman–Crippen LogP) is 1.63. The van der Waals surface area contributed by atoms with Crippen LogP contribution in [0.1, 0.15) is 5.69 Å². The molecule has 1 heterocycles. The van der Waals surface area contributed by atoms with Crippen LogP contribution in [0.2, 0.25) is 0 Å². The number of rotatable bonds is 2. The van der Waals surface area contributed by atoms with Crippen LogP contribution in [0.3, 0.4) is 0 Å². The largest absolute Gasteiger partial charge is 0.304 e. The van der Waals surface area contributed by atoms with Crippen LogP contribution >= 0.6 is 23.7 Å². The molecule has 1 aromatic heterocycles. The fourth-order valence-corrected chi connectivity index (χ4v) is 1.19. The number of hydrogen-bond donors (Lipinski definition) is 0. The average molecular weight is 179 g/mol. The molecule has 0 radical (unpaired) electrons. The van der Waals surface area contributed by atoms with Crippen molar-refractivity contribution in [3.8, 4) is 0 Å². The Balaban J connectivity index is 0.000000810. The Hall–Kier alpha value is -0.120. The van der Waals surface area contributed by atoms with Gasteiger partial charge in [-0.1, -0.05) is 0 Å². The fourth-order valence-electron chi connectivity index (χ4n) is 0.640. The molecule has 1 rings (SSSR count). The van der Waals surface area contributed by atoms with Gasteiger partial charge in [0, 0.05) is 11.9 Å². The van der Waals surface area contributed by atoms with Gasteiger partial charge in [-0.25, -0.2) is 4.98 Å². The maximum Gasteiger partial charge on any atom is 0.0795 e. The van der Waals surface area contributed by atoms with E-state index in [4.69, 9.17) is 0 Å². The van der Waals surface area contributed by atoms with E-state index in [1.54, 1.807) is 11.3 Å². The molecule has 0 saturated carbocycles. The highest BCUT2D eigenvalue weighted by molar-refractivity contribution is 7.07. The molecule has 1 aromatic rings. The summed E-state index contributed by atoms with van der Waals surface area (Å²) in [5.41, 5.74) is 3.02. The van der Waals surface area contributed by atoms with Crippen LogP contribution in [0.25, 0.3) is 0 Å². The minimum Gasteiger partial charge on any atom is -0.304 e. The predicted molar refractivity (Wildman–Crippen MR) is 46.8 cm³/mol. The minimum atomic E-state index is 0. The summed E-state index contributed by atoms with van der Waals surface area (Å²) in [7, 11) is 4.08. The normalized spacial score (nSPS) is 9.50. The van der Waals surface area contributed by atoms with Crippen LogP contribution in [-0.2, 0) is 6.54 Å². The maximum atomic E-state index is 4.13. The Morgan fingerprint density at radius 1 is 1.60 bits per heavy atom. The molecule has 0 aromatic carbocycles. The van der Waals surface area contributed by atoms with E-state index >= 15 is 0 Å². The van der Waals surface area contributed by atoms with Crippen molar-refractivity contribution in [3.63, 3.8) is 0 Å². The Morgan fingerprint density at radius 2 is 2.30 bits per heavy atom. The van der Waals surface area contributed by atoms with Crippen molar-refractivity contribution < 1.29 is 0 Å². The Morgan fingerprint density at radius 3 is 2.70 bits per heavy atom. The summed E-state index contributed by atoms with van der Waals surface area (Å²) in [6.07, 6.45) is 0. The second kappa shape index (κ2) is 4.66. The van der Waals surface area contributed by atoms with Crippen molar-refractivity contribution in [2.24, 2.45) is 0 Å². The van der Waals surface area contributed by atoms with Gasteiger partial charge in [-0.15, -0.1) is 23.7 Å². The second-order valence-electron chi connectivity index (χ2n) is 2.22. The SMILES string of the molecule is CN(C)Cc1cscn1.Cl. The lowest BCUT2D eigenvalue weighted by atomic mass is 10.5. The smallest absolute Gasteiger partial charge is 0.0795 e. The first-order valence-corrected chi connectivity index (χ1v) is 3.75. The third kappa shape index (κ3) is 3.15. The number of halogens is 1. The highest BCUT2D eigenvalue weighted by Gasteiger charge is 1.93. The summed E-state index contributed by atoms with van der Waals surface area (Å²) >= 11 is 1.64. The molecule has 10 heavy (non-hydrogen) atoms. The molecule has 0 aliphatic carbocycles. The van der Waals surface area contributed by atoms with Gasteiger partial charge in [0.15, 0.2) is 0 Å². The summed E-state index contributed by atoms with van der Waals surface area (Å²) in [6.45, 7) is 0.948. The van der Waals surface area contributed by atoms with Crippen molar-refractivity contribution in [1.29, 1.82) is 0 Å². The molecule has 0 unspecified atom stereocenters. The van der Waals surface area contributed by atoms with Gasteiger partial charge < -0.3 is 4.90 Å². The van der Waals surface area contributed by atoms with E-state index < -0.39 is 0 Å². The van der Waals surface area contributed by atoms with Crippen molar-refractivity contribution in [2.45, 2.75) is 6.54 Å². The zero-order valence-electron chi connectivity index (χ0n) is 6.07. The number of aromatic nitrogens is 1. The molecule has 0 aliphatic rings. The second-order valence-corrected chi connectivity index (χ2v) is 2.94. The topological polar surface area (TPSA) is 16.1 Å². The summed E-state index contributed by atoms with van der Waals surface area (Å²) < 4.78 is 0. The quantitative estimate of drug-likeness (QED) is 0.685. The molecular formula is C6H11ClN2S. The first-order chi connectivity index (χ1) is 4.29. The van der Waals surface area contributed by atoms with Gasteiger partial charge in [0.25, 0.3) is 0 Å². The van der Waals surface area contributed by atoms with Crippen molar-refractivity contribution in [1.82, 2.24) is 9.88 Å². The minimum absolute atomic E-state index is 0. The van der Waals surface area contributed by atoms with E-state index in [0.717, 1.165) is 12.2 Å². The van der Waals surface area contributed by atoms with Gasteiger partial charge in [-0.05, 0) is 14.1 Å². The van der Waals surface area contributed by atoms with Crippen LogP contribution in [-0.4, -0.2) is 24.0 Å². The molecule has 0 fully saturated rings. The van der Waals surface area contributed by atoms with Crippen LogP contribution < -0.4 is 0 Å². The van der Waals surface area contributed by atoms with E-state index in [0.29, 0.717) is 0 Å². The Kier molecular flexibility index (Phi) is 4.60. The Labute approximate surface area is 71.3 Å². The molecule has 0 aliphatic heterocycles. The summed E-state index contributed by atoms with van der Waals surface area (Å²) in [5, 5.41) is 2.07. The van der Waals surface area contributed by atoms with Crippen LogP contribution in [0.15, 0.2) is 10.9 Å². The molecule has 0 spiro atoms. The lowest BCUT2D eigenvalue weighted by molar-refractivity contribution is 0.398. The van der Waals surface area contributed by atoms with Gasteiger partial charge >= 0.3 is 0 Å². The first kappa shape index (κ1) is 9.88. The molecule has 0 amide bonds. The van der Waals surface area contributed by atoms with Gasteiger partial charge in [0.1, 0.15) is 0 Å². The number of nitrogens with zero attached hydrogens (tertiary/aromatic N) is 2. The molecule has 2 nitrogen and oxygen atoms in total. The van der Waals surface area contributed by atoms with Crippen molar-refractivity contribution in [2.75, 3.05) is 14.1 Å². The third-order valence-electron chi connectivity index (χ3n) is 0.962. The number of thiazole rings is 1. The molecule has 4 heteroatoms. The zero-order valence-corrected chi connectivity index (χ0v) is 7.71. The fraction of sp³-hybridized carbons (Fsp3) is 0.500. The van der Waals surface area contributed by atoms with E-state index in [2.05, 4.69) is 15.3 Å². The third-order valence-corrected chi connectivity index (χ3v) is 1.60.